The second kappa shape index (κ2) is 7.14. The number of carboxylic acids is 1. The highest BCUT2D eigenvalue weighted by Gasteiger charge is 2.20. The summed E-state index contributed by atoms with van der Waals surface area (Å²) in [7, 11) is 0. The molecule has 104 valence electrons. The van der Waals surface area contributed by atoms with Crippen molar-refractivity contribution in [3.63, 3.8) is 0 Å². The maximum absolute atomic E-state index is 10.8. The van der Waals surface area contributed by atoms with Gasteiger partial charge in [-0.3, -0.25) is 0 Å². The van der Waals surface area contributed by atoms with Gasteiger partial charge in [0.05, 0.1) is 12.2 Å². The SMILES string of the molecule is O=C(O)c1cccc(OCCCOCCC2CC2)c1. The fourth-order valence-corrected chi connectivity index (χ4v) is 1.83. The molecule has 1 aromatic carbocycles. The Balaban J connectivity index is 1.56. The first kappa shape index (κ1) is 13.9. The van der Waals surface area contributed by atoms with Gasteiger partial charge in [0.15, 0.2) is 0 Å². The Kier molecular flexibility index (Phi) is 5.21. The van der Waals surface area contributed by atoms with Crippen molar-refractivity contribution in [3.8, 4) is 5.75 Å². The van der Waals surface area contributed by atoms with Gasteiger partial charge in [-0.2, -0.15) is 0 Å². The molecule has 0 amide bonds. The van der Waals surface area contributed by atoms with Gasteiger partial charge in [0.2, 0.25) is 0 Å². The Hall–Kier alpha value is -1.55. The first-order valence-corrected chi connectivity index (χ1v) is 6.79. The molecule has 1 fully saturated rings. The number of carboxylic acid groups (broad SMARTS) is 1. The van der Waals surface area contributed by atoms with E-state index < -0.39 is 5.97 Å². The van der Waals surface area contributed by atoms with Crippen molar-refractivity contribution < 1.29 is 19.4 Å². The van der Waals surface area contributed by atoms with E-state index in [1.54, 1.807) is 18.2 Å². The minimum absolute atomic E-state index is 0.248. The zero-order valence-electron chi connectivity index (χ0n) is 11.0. The fourth-order valence-electron chi connectivity index (χ4n) is 1.83. The number of benzene rings is 1. The van der Waals surface area contributed by atoms with E-state index in [4.69, 9.17) is 14.6 Å². The van der Waals surface area contributed by atoms with Crippen molar-refractivity contribution in [2.45, 2.75) is 25.7 Å². The first-order valence-electron chi connectivity index (χ1n) is 6.79. The monoisotopic (exact) mass is 264 g/mol. The summed E-state index contributed by atoms with van der Waals surface area (Å²) in [6.07, 6.45) is 4.74. The molecule has 1 saturated carbocycles. The van der Waals surface area contributed by atoms with Gasteiger partial charge in [-0.15, -0.1) is 0 Å². The van der Waals surface area contributed by atoms with E-state index in [2.05, 4.69) is 0 Å². The predicted octanol–water partition coefficient (Wildman–Crippen LogP) is 2.97. The Bertz CT molecular complexity index is 412. The lowest BCUT2D eigenvalue weighted by Crippen LogP contribution is -2.05. The maximum atomic E-state index is 10.8. The molecule has 4 nitrogen and oxygen atoms in total. The fraction of sp³-hybridized carbons (Fsp3) is 0.533. The number of rotatable bonds is 9. The van der Waals surface area contributed by atoms with Crippen molar-refractivity contribution in [3.05, 3.63) is 29.8 Å². The van der Waals surface area contributed by atoms with E-state index in [0.29, 0.717) is 19.0 Å². The molecule has 1 aliphatic rings. The Morgan fingerprint density at radius 3 is 2.84 bits per heavy atom. The summed E-state index contributed by atoms with van der Waals surface area (Å²) in [6, 6.07) is 6.54. The van der Waals surface area contributed by atoms with Gasteiger partial charge in [0.25, 0.3) is 0 Å². The van der Waals surface area contributed by atoms with E-state index in [-0.39, 0.29) is 5.56 Å². The molecule has 0 atom stereocenters. The van der Waals surface area contributed by atoms with Gasteiger partial charge in [0.1, 0.15) is 5.75 Å². The van der Waals surface area contributed by atoms with Crippen molar-refractivity contribution in [2.75, 3.05) is 19.8 Å². The van der Waals surface area contributed by atoms with Gasteiger partial charge in [-0.1, -0.05) is 18.9 Å². The van der Waals surface area contributed by atoms with Gasteiger partial charge >= 0.3 is 5.97 Å². The van der Waals surface area contributed by atoms with Crippen LogP contribution in [0.5, 0.6) is 5.75 Å². The highest BCUT2D eigenvalue weighted by atomic mass is 16.5. The molecule has 1 aromatic rings. The summed E-state index contributed by atoms with van der Waals surface area (Å²) in [4.78, 5) is 10.8. The molecule has 0 unspecified atom stereocenters. The lowest BCUT2D eigenvalue weighted by Gasteiger charge is -2.07. The number of carbonyl (C=O) groups is 1. The van der Waals surface area contributed by atoms with Crippen LogP contribution in [-0.2, 0) is 4.74 Å². The third-order valence-electron chi connectivity index (χ3n) is 3.15. The van der Waals surface area contributed by atoms with E-state index in [1.807, 2.05) is 0 Å². The first-order chi connectivity index (χ1) is 9.25. The molecule has 1 aliphatic carbocycles. The third-order valence-corrected chi connectivity index (χ3v) is 3.15. The number of ether oxygens (including phenoxy) is 2. The molecule has 0 saturated heterocycles. The van der Waals surface area contributed by atoms with Crippen LogP contribution in [0.4, 0.5) is 0 Å². The number of aromatic carboxylic acids is 1. The van der Waals surface area contributed by atoms with Gasteiger partial charge in [-0.25, -0.2) is 4.79 Å². The van der Waals surface area contributed by atoms with Crippen molar-refractivity contribution in [2.24, 2.45) is 5.92 Å². The highest BCUT2D eigenvalue weighted by molar-refractivity contribution is 5.87. The second-order valence-corrected chi connectivity index (χ2v) is 4.88. The van der Waals surface area contributed by atoms with Gasteiger partial charge in [-0.05, 0) is 30.5 Å². The number of hydrogen-bond donors (Lipinski definition) is 1. The van der Waals surface area contributed by atoms with Crippen LogP contribution in [0, 0.1) is 5.92 Å². The molecule has 0 radical (unpaired) electrons. The van der Waals surface area contributed by atoms with Gasteiger partial charge < -0.3 is 14.6 Å². The van der Waals surface area contributed by atoms with E-state index in [0.717, 1.165) is 18.9 Å². The summed E-state index contributed by atoms with van der Waals surface area (Å²) in [6.45, 7) is 2.09. The van der Waals surface area contributed by atoms with Crippen molar-refractivity contribution >= 4 is 5.97 Å². The quantitative estimate of drug-likeness (QED) is 0.697. The summed E-state index contributed by atoms with van der Waals surface area (Å²) >= 11 is 0. The molecule has 0 aliphatic heterocycles. The zero-order valence-corrected chi connectivity index (χ0v) is 11.0. The molecule has 0 heterocycles. The summed E-state index contributed by atoms with van der Waals surface area (Å²) in [5.74, 6) is 0.571. The lowest BCUT2D eigenvalue weighted by atomic mass is 10.2. The lowest BCUT2D eigenvalue weighted by molar-refractivity contribution is 0.0696. The summed E-state index contributed by atoms with van der Waals surface area (Å²) < 4.78 is 11.0. The molecule has 0 spiro atoms. The van der Waals surface area contributed by atoms with E-state index in [1.165, 1.54) is 25.3 Å². The maximum Gasteiger partial charge on any atom is 0.335 e. The average Bonchev–Trinajstić information content (AvgIpc) is 3.22. The highest BCUT2D eigenvalue weighted by Crippen LogP contribution is 2.32. The minimum atomic E-state index is -0.936. The second-order valence-electron chi connectivity index (χ2n) is 4.88. The molecular formula is C15H20O4. The standard InChI is InChI=1S/C15H20O4/c16-15(17)13-3-1-4-14(11-13)19-9-2-8-18-10-7-12-5-6-12/h1,3-4,11-12H,2,5-10H2,(H,16,17). The summed E-state index contributed by atoms with van der Waals surface area (Å²) in [5.41, 5.74) is 0.248. The molecule has 4 heteroatoms. The van der Waals surface area contributed by atoms with Crippen LogP contribution >= 0.6 is 0 Å². The third kappa shape index (κ3) is 5.30. The van der Waals surface area contributed by atoms with E-state index >= 15 is 0 Å². The van der Waals surface area contributed by atoms with Crippen molar-refractivity contribution in [1.82, 2.24) is 0 Å². The van der Waals surface area contributed by atoms with E-state index in [9.17, 15) is 4.79 Å². The zero-order chi connectivity index (χ0) is 13.5. The van der Waals surface area contributed by atoms with Crippen molar-refractivity contribution in [1.29, 1.82) is 0 Å². The smallest absolute Gasteiger partial charge is 0.335 e. The average molecular weight is 264 g/mol. The van der Waals surface area contributed by atoms with Crippen LogP contribution in [0.2, 0.25) is 0 Å². The van der Waals surface area contributed by atoms with Gasteiger partial charge in [0, 0.05) is 19.6 Å². The normalized spacial score (nSPS) is 14.3. The summed E-state index contributed by atoms with van der Waals surface area (Å²) in [5, 5.41) is 8.85. The Morgan fingerprint density at radius 1 is 1.26 bits per heavy atom. The Morgan fingerprint density at radius 2 is 2.11 bits per heavy atom. The van der Waals surface area contributed by atoms with Crippen LogP contribution in [-0.4, -0.2) is 30.9 Å². The largest absolute Gasteiger partial charge is 0.493 e. The molecular weight excluding hydrogens is 244 g/mol. The van der Waals surface area contributed by atoms with Crippen LogP contribution in [0.3, 0.4) is 0 Å². The molecule has 0 bridgehead atoms. The molecule has 0 aromatic heterocycles. The topological polar surface area (TPSA) is 55.8 Å². The van der Waals surface area contributed by atoms with Crippen LogP contribution in [0.1, 0.15) is 36.0 Å². The number of hydrogen-bond acceptors (Lipinski definition) is 3. The minimum Gasteiger partial charge on any atom is -0.493 e. The van der Waals surface area contributed by atoms with Crippen LogP contribution < -0.4 is 4.74 Å². The molecule has 1 N–H and O–H groups in total. The Labute approximate surface area is 113 Å². The van der Waals surface area contributed by atoms with Crippen LogP contribution in [0.25, 0.3) is 0 Å². The van der Waals surface area contributed by atoms with Crippen LogP contribution in [0.15, 0.2) is 24.3 Å². The molecule has 19 heavy (non-hydrogen) atoms. The predicted molar refractivity (Wildman–Crippen MR) is 71.7 cm³/mol. The molecule has 2 rings (SSSR count).